The quantitative estimate of drug-likeness (QED) is 0.536. The number of halogens is 1. The van der Waals surface area contributed by atoms with Crippen molar-refractivity contribution in [2.75, 3.05) is 29.5 Å². The van der Waals surface area contributed by atoms with Gasteiger partial charge in [-0.25, -0.2) is 18.4 Å². The Balaban J connectivity index is 1.49. The van der Waals surface area contributed by atoms with E-state index in [-0.39, 0.29) is 16.8 Å². The maximum absolute atomic E-state index is 12.8. The van der Waals surface area contributed by atoms with E-state index < -0.39 is 15.9 Å². The number of benzene rings is 1. The van der Waals surface area contributed by atoms with Crippen molar-refractivity contribution >= 4 is 38.9 Å². The lowest BCUT2D eigenvalue weighted by molar-refractivity contribution is -0.0799. The topological polar surface area (TPSA) is 124 Å². The predicted molar refractivity (Wildman–Crippen MR) is 119 cm³/mol. The number of ether oxygens (including phenoxy) is 2. The minimum Gasteiger partial charge on any atom is -0.482 e. The Morgan fingerprint density at radius 1 is 1.19 bits per heavy atom. The number of aromatic nitrogens is 3. The van der Waals surface area contributed by atoms with Crippen molar-refractivity contribution in [3.8, 4) is 11.7 Å². The number of sulfonamides is 1. The molecule has 0 aliphatic carbocycles. The number of nitrogens with one attached hydrogen (secondary N) is 2. The highest BCUT2D eigenvalue weighted by Gasteiger charge is 2.20. The highest BCUT2D eigenvalue weighted by atomic mass is 35.5. The molecule has 0 saturated carbocycles. The summed E-state index contributed by atoms with van der Waals surface area (Å²) in [6.07, 6.45) is 5.80. The molecule has 1 aliphatic heterocycles. The zero-order valence-electron chi connectivity index (χ0n) is 17.2. The molecule has 0 atom stereocenters. The first-order valence-corrected chi connectivity index (χ1v) is 11.8. The van der Waals surface area contributed by atoms with E-state index >= 15 is 0 Å². The minimum absolute atomic E-state index is 0.0210. The lowest BCUT2D eigenvalue weighted by atomic mass is 10.2. The summed E-state index contributed by atoms with van der Waals surface area (Å²) in [5, 5.41) is 2.99. The first kappa shape index (κ1) is 22.1. The van der Waals surface area contributed by atoms with Crippen molar-refractivity contribution in [3.63, 3.8) is 0 Å². The van der Waals surface area contributed by atoms with Gasteiger partial charge in [0.25, 0.3) is 5.91 Å². The number of hydrogen-bond acceptors (Lipinski definition) is 7. The lowest BCUT2D eigenvalue weighted by Gasteiger charge is -2.26. The van der Waals surface area contributed by atoms with Gasteiger partial charge in [-0.05, 0) is 31.2 Å². The van der Waals surface area contributed by atoms with E-state index in [9.17, 15) is 13.2 Å². The molecule has 1 aliphatic rings. The molecule has 1 fully saturated rings. The average molecular weight is 478 g/mol. The van der Waals surface area contributed by atoms with Crippen LogP contribution in [-0.2, 0) is 14.8 Å². The summed E-state index contributed by atoms with van der Waals surface area (Å²) in [4.78, 5) is 21.4. The molecule has 2 aromatic heterocycles. The van der Waals surface area contributed by atoms with Gasteiger partial charge in [0.2, 0.25) is 16.0 Å². The highest BCUT2D eigenvalue weighted by molar-refractivity contribution is 7.92. The van der Waals surface area contributed by atoms with Gasteiger partial charge in [0.05, 0.1) is 43.1 Å². The van der Waals surface area contributed by atoms with Crippen LogP contribution < -0.4 is 14.8 Å². The van der Waals surface area contributed by atoms with Gasteiger partial charge >= 0.3 is 0 Å². The van der Waals surface area contributed by atoms with E-state index in [1.54, 1.807) is 29.2 Å². The van der Waals surface area contributed by atoms with Crippen LogP contribution in [-0.4, -0.2) is 54.4 Å². The molecule has 168 valence electrons. The molecule has 0 radical (unpaired) electrons. The van der Waals surface area contributed by atoms with Gasteiger partial charge in [-0.1, -0.05) is 11.6 Å². The second kappa shape index (κ2) is 8.77. The molecule has 3 heterocycles. The van der Waals surface area contributed by atoms with Gasteiger partial charge in [0.1, 0.15) is 6.10 Å². The summed E-state index contributed by atoms with van der Waals surface area (Å²) >= 11 is 6.05. The summed E-state index contributed by atoms with van der Waals surface area (Å²) < 4.78 is 37.7. The molecule has 12 heteroatoms. The van der Waals surface area contributed by atoms with Crippen LogP contribution in [0.5, 0.6) is 5.75 Å². The first-order valence-electron chi connectivity index (χ1n) is 9.52. The van der Waals surface area contributed by atoms with Crippen LogP contribution in [0.25, 0.3) is 5.95 Å². The van der Waals surface area contributed by atoms with E-state index in [1.165, 1.54) is 18.2 Å². The SMILES string of the molecule is Cc1cc(C(=O)Nc2cc(Cl)cc(NS(C)(=O)=O)c2)cn1-c1ncc(OC2COC2)cn1. The maximum Gasteiger partial charge on any atom is 0.257 e. The Morgan fingerprint density at radius 3 is 2.50 bits per heavy atom. The Morgan fingerprint density at radius 2 is 1.88 bits per heavy atom. The minimum atomic E-state index is -3.49. The molecule has 1 saturated heterocycles. The molecular formula is C20H20ClN5O5S. The standard InChI is InChI=1S/C20H20ClN5O5S/c1-12-3-13(9-26(12)20-22-7-17(8-23-20)31-18-10-30-11-18)19(27)24-15-4-14(21)5-16(6-15)25-32(2,28)29/h3-9,18,25H,10-11H2,1-2H3,(H,24,27). The molecule has 0 unspecified atom stereocenters. The van der Waals surface area contributed by atoms with Crippen LogP contribution in [0.1, 0.15) is 16.1 Å². The highest BCUT2D eigenvalue weighted by Crippen LogP contribution is 2.24. The molecule has 1 amide bonds. The van der Waals surface area contributed by atoms with Crippen LogP contribution in [0, 0.1) is 6.92 Å². The number of nitrogens with zero attached hydrogens (tertiary/aromatic N) is 3. The number of amides is 1. The van der Waals surface area contributed by atoms with Gasteiger partial charge in [0.15, 0.2) is 5.75 Å². The van der Waals surface area contributed by atoms with Crippen molar-refractivity contribution in [2.24, 2.45) is 0 Å². The fourth-order valence-corrected chi connectivity index (χ4v) is 3.80. The van der Waals surface area contributed by atoms with Crippen LogP contribution in [0.4, 0.5) is 11.4 Å². The van der Waals surface area contributed by atoms with Crippen LogP contribution in [0.3, 0.4) is 0 Å². The second-order valence-corrected chi connectivity index (χ2v) is 9.48. The van der Waals surface area contributed by atoms with Gasteiger partial charge in [0, 0.05) is 22.6 Å². The normalized spacial score (nSPS) is 14.0. The number of rotatable bonds is 7. The van der Waals surface area contributed by atoms with Crippen molar-refractivity contribution in [3.05, 3.63) is 59.1 Å². The maximum atomic E-state index is 12.8. The Labute approximate surface area is 189 Å². The zero-order valence-corrected chi connectivity index (χ0v) is 18.8. The summed E-state index contributed by atoms with van der Waals surface area (Å²) in [5.74, 6) is 0.537. The third-order valence-corrected chi connectivity index (χ3v) is 5.30. The molecular weight excluding hydrogens is 458 g/mol. The smallest absolute Gasteiger partial charge is 0.257 e. The summed E-state index contributed by atoms with van der Waals surface area (Å²) in [7, 11) is -3.49. The fraction of sp³-hybridized carbons (Fsp3) is 0.250. The largest absolute Gasteiger partial charge is 0.482 e. The van der Waals surface area contributed by atoms with E-state index in [2.05, 4.69) is 20.0 Å². The third kappa shape index (κ3) is 5.36. The third-order valence-electron chi connectivity index (χ3n) is 4.47. The van der Waals surface area contributed by atoms with Crippen LogP contribution >= 0.6 is 11.6 Å². The molecule has 0 spiro atoms. The number of hydrogen-bond donors (Lipinski definition) is 2. The van der Waals surface area contributed by atoms with Crippen LogP contribution in [0.2, 0.25) is 5.02 Å². The Bertz CT molecular complexity index is 1260. The van der Waals surface area contributed by atoms with Gasteiger partial charge in [-0.3, -0.25) is 14.1 Å². The summed E-state index contributed by atoms with van der Waals surface area (Å²) in [5.41, 5.74) is 1.71. The lowest BCUT2D eigenvalue weighted by Crippen LogP contribution is -2.38. The van der Waals surface area contributed by atoms with E-state index in [0.29, 0.717) is 36.2 Å². The Hall–Kier alpha value is -3.15. The van der Waals surface area contributed by atoms with Crippen molar-refractivity contribution in [2.45, 2.75) is 13.0 Å². The van der Waals surface area contributed by atoms with Gasteiger partial charge in [-0.2, -0.15) is 0 Å². The van der Waals surface area contributed by atoms with E-state index in [0.717, 1.165) is 11.9 Å². The number of aryl methyl sites for hydroxylation is 1. The average Bonchev–Trinajstić information content (AvgIpc) is 3.05. The molecule has 10 nitrogen and oxygen atoms in total. The number of carbonyl (C=O) groups excluding carboxylic acids is 1. The first-order chi connectivity index (χ1) is 15.2. The fourth-order valence-electron chi connectivity index (χ4n) is 3.02. The van der Waals surface area contributed by atoms with Gasteiger partial charge < -0.3 is 14.8 Å². The molecule has 32 heavy (non-hydrogen) atoms. The van der Waals surface area contributed by atoms with Gasteiger partial charge in [-0.15, -0.1) is 0 Å². The molecule has 1 aromatic carbocycles. The molecule has 4 rings (SSSR count). The summed E-state index contributed by atoms with van der Waals surface area (Å²) in [6, 6.07) is 6.13. The van der Waals surface area contributed by atoms with Crippen molar-refractivity contribution < 1.29 is 22.7 Å². The number of anilines is 2. The molecule has 3 aromatic rings. The van der Waals surface area contributed by atoms with Crippen LogP contribution in [0.15, 0.2) is 42.9 Å². The predicted octanol–water partition coefficient (Wildman–Crippen LogP) is 2.63. The second-order valence-electron chi connectivity index (χ2n) is 7.29. The Kier molecular flexibility index (Phi) is 6.04. The zero-order chi connectivity index (χ0) is 22.9. The monoisotopic (exact) mass is 477 g/mol. The van der Waals surface area contributed by atoms with E-state index in [1.807, 2.05) is 6.92 Å². The molecule has 2 N–H and O–H groups in total. The summed E-state index contributed by atoms with van der Waals surface area (Å²) in [6.45, 7) is 2.93. The van der Waals surface area contributed by atoms with Crippen molar-refractivity contribution in [1.29, 1.82) is 0 Å². The van der Waals surface area contributed by atoms with Crippen molar-refractivity contribution in [1.82, 2.24) is 14.5 Å². The molecule has 0 bridgehead atoms. The van der Waals surface area contributed by atoms with E-state index in [4.69, 9.17) is 21.1 Å². The number of carbonyl (C=O) groups is 1.